The molecule has 0 amide bonds. The fraction of sp³-hybridized carbons (Fsp3) is 1.00. The van der Waals surface area contributed by atoms with Crippen molar-refractivity contribution in [2.75, 3.05) is 26.2 Å². The molecule has 0 rings (SSSR count). The zero-order valence-electron chi connectivity index (χ0n) is 11.8. The summed E-state index contributed by atoms with van der Waals surface area (Å²) in [4.78, 5) is 2.59. The van der Waals surface area contributed by atoms with Crippen LogP contribution >= 0.6 is 0 Å². The Kier molecular flexibility index (Phi) is 10.0. The topological polar surface area (TPSA) is 29.3 Å². The van der Waals surface area contributed by atoms with Crippen LogP contribution in [-0.2, 0) is 0 Å². The Labute approximate surface area is 103 Å². The van der Waals surface area contributed by atoms with Crippen molar-refractivity contribution in [3.05, 3.63) is 0 Å². The first-order valence-corrected chi connectivity index (χ1v) is 7.06. The second kappa shape index (κ2) is 10.1. The summed E-state index contributed by atoms with van der Waals surface area (Å²) in [7, 11) is 0. The van der Waals surface area contributed by atoms with Gasteiger partial charge in [0, 0.05) is 6.54 Å². The number of hydrogen-bond donors (Lipinski definition) is 1. The molecule has 0 bridgehead atoms. The van der Waals surface area contributed by atoms with Crippen molar-refractivity contribution in [1.82, 2.24) is 4.90 Å². The van der Waals surface area contributed by atoms with E-state index < -0.39 is 0 Å². The monoisotopic (exact) mass is 228 g/mol. The van der Waals surface area contributed by atoms with Gasteiger partial charge in [0.1, 0.15) is 0 Å². The molecule has 0 radical (unpaired) electrons. The highest BCUT2D eigenvalue weighted by Gasteiger charge is 2.07. The maximum atomic E-state index is 5.56. The van der Waals surface area contributed by atoms with E-state index in [2.05, 4.69) is 32.6 Å². The minimum Gasteiger partial charge on any atom is -0.330 e. The summed E-state index contributed by atoms with van der Waals surface area (Å²) in [5.41, 5.74) is 5.56. The summed E-state index contributed by atoms with van der Waals surface area (Å²) in [6.07, 6.45) is 5.12. The van der Waals surface area contributed by atoms with Gasteiger partial charge in [-0.25, -0.2) is 0 Å². The highest BCUT2D eigenvalue weighted by Crippen LogP contribution is 2.11. The molecule has 0 aromatic rings. The summed E-state index contributed by atoms with van der Waals surface area (Å²) in [5, 5.41) is 0. The van der Waals surface area contributed by atoms with Crippen LogP contribution in [0.1, 0.15) is 53.4 Å². The van der Waals surface area contributed by atoms with E-state index in [1.807, 2.05) is 0 Å². The molecule has 2 unspecified atom stereocenters. The molecule has 2 N–H and O–H groups in total. The van der Waals surface area contributed by atoms with Gasteiger partial charge in [0.25, 0.3) is 0 Å². The predicted octanol–water partition coefficient (Wildman–Crippen LogP) is 3.12. The van der Waals surface area contributed by atoms with Crippen LogP contribution < -0.4 is 5.73 Å². The van der Waals surface area contributed by atoms with Crippen molar-refractivity contribution in [3.63, 3.8) is 0 Å². The number of rotatable bonds is 10. The molecule has 0 saturated heterocycles. The first kappa shape index (κ1) is 15.9. The SMILES string of the molecule is CCC(C)CN(CC)CCCC(C)CCN. The smallest absolute Gasteiger partial charge is 0.000680 e. The van der Waals surface area contributed by atoms with E-state index in [1.54, 1.807) is 0 Å². The maximum absolute atomic E-state index is 5.56. The minimum atomic E-state index is 0.798. The largest absolute Gasteiger partial charge is 0.330 e. The summed E-state index contributed by atoms with van der Waals surface area (Å²) >= 11 is 0. The highest BCUT2D eigenvalue weighted by atomic mass is 15.1. The van der Waals surface area contributed by atoms with Crippen molar-refractivity contribution in [3.8, 4) is 0 Å². The lowest BCUT2D eigenvalue weighted by Crippen LogP contribution is -2.29. The molecule has 0 aliphatic rings. The molecule has 0 aliphatic carbocycles. The van der Waals surface area contributed by atoms with Crippen LogP contribution in [0.3, 0.4) is 0 Å². The van der Waals surface area contributed by atoms with Gasteiger partial charge in [0.05, 0.1) is 0 Å². The second-order valence-electron chi connectivity index (χ2n) is 5.23. The van der Waals surface area contributed by atoms with Gasteiger partial charge < -0.3 is 10.6 Å². The van der Waals surface area contributed by atoms with Crippen LogP contribution in [0.4, 0.5) is 0 Å². The molecule has 2 atom stereocenters. The third-order valence-electron chi connectivity index (χ3n) is 3.54. The molecule has 0 spiro atoms. The number of nitrogens with zero attached hydrogens (tertiary/aromatic N) is 1. The molecule has 0 aliphatic heterocycles. The molecule has 2 heteroatoms. The van der Waals surface area contributed by atoms with Crippen LogP contribution in [0.5, 0.6) is 0 Å². The number of hydrogen-bond acceptors (Lipinski definition) is 2. The summed E-state index contributed by atoms with van der Waals surface area (Å²) in [5.74, 6) is 1.63. The Hall–Kier alpha value is -0.0800. The molecule has 16 heavy (non-hydrogen) atoms. The lowest BCUT2D eigenvalue weighted by molar-refractivity contribution is 0.236. The summed E-state index contributed by atoms with van der Waals surface area (Å²) in [6, 6.07) is 0. The van der Waals surface area contributed by atoms with E-state index in [0.29, 0.717) is 0 Å². The van der Waals surface area contributed by atoms with E-state index in [4.69, 9.17) is 5.73 Å². The fourth-order valence-corrected chi connectivity index (χ4v) is 2.04. The van der Waals surface area contributed by atoms with Gasteiger partial charge in [0.2, 0.25) is 0 Å². The molecule has 98 valence electrons. The normalized spacial score (nSPS) is 15.4. The van der Waals surface area contributed by atoms with Gasteiger partial charge >= 0.3 is 0 Å². The van der Waals surface area contributed by atoms with Crippen molar-refractivity contribution in [2.45, 2.75) is 53.4 Å². The third-order valence-corrected chi connectivity index (χ3v) is 3.54. The molecule has 0 fully saturated rings. The molecular weight excluding hydrogens is 196 g/mol. The standard InChI is InChI=1S/C14H32N2/c1-5-13(3)12-16(6-2)11-7-8-14(4)9-10-15/h13-14H,5-12,15H2,1-4H3. The Morgan fingerprint density at radius 1 is 1.06 bits per heavy atom. The fourth-order valence-electron chi connectivity index (χ4n) is 2.04. The molecular formula is C14H32N2. The predicted molar refractivity (Wildman–Crippen MR) is 73.6 cm³/mol. The van der Waals surface area contributed by atoms with E-state index in [0.717, 1.165) is 18.4 Å². The van der Waals surface area contributed by atoms with E-state index in [1.165, 1.54) is 45.3 Å². The van der Waals surface area contributed by atoms with Crippen LogP contribution in [0.2, 0.25) is 0 Å². The molecule has 0 heterocycles. The van der Waals surface area contributed by atoms with Crippen LogP contribution in [0.15, 0.2) is 0 Å². The lowest BCUT2D eigenvalue weighted by atomic mass is 10.0. The average Bonchev–Trinajstić information content (AvgIpc) is 2.27. The van der Waals surface area contributed by atoms with Crippen LogP contribution in [-0.4, -0.2) is 31.1 Å². The number of nitrogens with two attached hydrogens (primary N) is 1. The molecule has 0 saturated carbocycles. The Bertz CT molecular complexity index is 148. The summed E-state index contributed by atoms with van der Waals surface area (Å²) in [6.45, 7) is 13.8. The van der Waals surface area contributed by atoms with Gasteiger partial charge in [-0.05, 0) is 50.7 Å². The van der Waals surface area contributed by atoms with Gasteiger partial charge in [0.15, 0.2) is 0 Å². The average molecular weight is 228 g/mol. The van der Waals surface area contributed by atoms with Crippen molar-refractivity contribution in [1.29, 1.82) is 0 Å². The quantitative estimate of drug-likeness (QED) is 0.622. The van der Waals surface area contributed by atoms with E-state index in [-0.39, 0.29) is 0 Å². The lowest BCUT2D eigenvalue weighted by Gasteiger charge is -2.24. The second-order valence-corrected chi connectivity index (χ2v) is 5.23. The van der Waals surface area contributed by atoms with Crippen molar-refractivity contribution in [2.24, 2.45) is 17.6 Å². The van der Waals surface area contributed by atoms with Gasteiger partial charge in [-0.2, -0.15) is 0 Å². The molecule has 0 aromatic carbocycles. The zero-order valence-corrected chi connectivity index (χ0v) is 11.8. The van der Waals surface area contributed by atoms with E-state index in [9.17, 15) is 0 Å². The zero-order chi connectivity index (χ0) is 12.4. The van der Waals surface area contributed by atoms with Crippen LogP contribution in [0, 0.1) is 11.8 Å². The third kappa shape index (κ3) is 8.12. The molecule has 0 aromatic heterocycles. The Morgan fingerprint density at radius 3 is 2.25 bits per heavy atom. The molecule has 2 nitrogen and oxygen atoms in total. The minimum absolute atomic E-state index is 0.798. The van der Waals surface area contributed by atoms with E-state index >= 15 is 0 Å². The van der Waals surface area contributed by atoms with Gasteiger partial charge in [-0.3, -0.25) is 0 Å². The first-order valence-electron chi connectivity index (χ1n) is 7.06. The van der Waals surface area contributed by atoms with Gasteiger partial charge in [-0.1, -0.05) is 34.1 Å². The Morgan fingerprint density at radius 2 is 1.75 bits per heavy atom. The Balaban J connectivity index is 3.62. The van der Waals surface area contributed by atoms with Crippen molar-refractivity contribution < 1.29 is 0 Å². The maximum Gasteiger partial charge on any atom is 0.000680 e. The van der Waals surface area contributed by atoms with Gasteiger partial charge in [-0.15, -0.1) is 0 Å². The van der Waals surface area contributed by atoms with Crippen LogP contribution in [0.25, 0.3) is 0 Å². The highest BCUT2D eigenvalue weighted by molar-refractivity contribution is 4.62. The first-order chi connectivity index (χ1) is 7.63. The van der Waals surface area contributed by atoms with Crippen molar-refractivity contribution >= 4 is 0 Å². The summed E-state index contributed by atoms with van der Waals surface area (Å²) < 4.78 is 0.